The molecule has 0 radical (unpaired) electrons. The molecule has 0 aromatic carbocycles. The highest BCUT2D eigenvalue weighted by atomic mass is 31.2. The average Bonchev–Trinajstić information content (AvgIpc) is 3.23. The van der Waals surface area contributed by atoms with E-state index in [0.717, 1.165) is 70.6 Å². The summed E-state index contributed by atoms with van der Waals surface area (Å²) < 4.78 is 47.7. The van der Waals surface area contributed by atoms with Gasteiger partial charge in [0.25, 0.3) is 0 Å². The Kier molecular flexibility index (Phi) is 38.7. The van der Waals surface area contributed by atoms with Crippen molar-refractivity contribution in [2.24, 2.45) is 0 Å². The Hall–Kier alpha value is -3.03. The van der Waals surface area contributed by atoms with Crippen LogP contribution in [0.25, 0.3) is 0 Å². The van der Waals surface area contributed by atoms with Crippen LogP contribution >= 0.6 is 15.6 Å². The molecule has 0 saturated carbocycles. The van der Waals surface area contributed by atoms with Crippen LogP contribution in [-0.4, -0.2) is 76.1 Å². The number of ketones is 1. The smallest absolute Gasteiger partial charge is 0.462 e. The van der Waals surface area contributed by atoms with E-state index in [9.17, 15) is 33.5 Å². The van der Waals surface area contributed by atoms with E-state index < -0.39 is 66.2 Å². The van der Waals surface area contributed by atoms with Gasteiger partial charge in [-0.15, -0.1) is 0 Å². The van der Waals surface area contributed by atoms with Crippen molar-refractivity contribution < 1.29 is 66.3 Å². The highest BCUT2D eigenvalue weighted by Gasteiger charge is 2.28. The van der Waals surface area contributed by atoms with Crippen molar-refractivity contribution in [2.75, 3.05) is 26.4 Å². The molecule has 3 atom stereocenters. The average molecular weight is 915 g/mol. The van der Waals surface area contributed by atoms with E-state index in [-0.39, 0.29) is 18.6 Å². The zero-order valence-corrected chi connectivity index (χ0v) is 39.0. The molecule has 0 aromatic heterocycles. The molecule has 0 saturated heterocycles. The van der Waals surface area contributed by atoms with Crippen molar-refractivity contribution in [2.45, 2.75) is 161 Å². The van der Waals surface area contributed by atoms with Crippen LogP contribution in [-0.2, 0) is 46.6 Å². The molecule has 0 bridgehead atoms. The van der Waals surface area contributed by atoms with Gasteiger partial charge < -0.3 is 29.3 Å². The van der Waals surface area contributed by atoms with Gasteiger partial charge in [0.1, 0.15) is 12.7 Å². The summed E-state index contributed by atoms with van der Waals surface area (Å²) >= 11 is 0. The Labute approximate surface area is 371 Å². The van der Waals surface area contributed by atoms with Gasteiger partial charge in [0, 0.05) is 19.3 Å². The number of rotatable bonds is 41. The van der Waals surface area contributed by atoms with Crippen LogP contribution < -0.4 is 0 Å². The number of unbranched alkanes of at least 4 members (excludes halogenated alkanes) is 10. The lowest BCUT2D eigenvalue weighted by atomic mass is 10.1. The second-order valence-electron chi connectivity index (χ2n) is 14.6. The SMILES string of the molecule is CCCCC/C=C\C/C=C\C/C=C\CCCCCCC(=O)OC[C@H](COP(=O)(O)OC[C@@H](O)COP(=O)(O)O)OC(=O)CCC/C=C\C/C=C\C/C=C\C=C\C(=O)CCCCC. The molecule has 0 heterocycles. The zero-order valence-electron chi connectivity index (χ0n) is 37.2. The van der Waals surface area contributed by atoms with Gasteiger partial charge in [0.2, 0.25) is 0 Å². The molecular weight excluding hydrogens is 838 g/mol. The maximum atomic E-state index is 12.6. The summed E-state index contributed by atoms with van der Waals surface area (Å²) in [5.74, 6) is -1.02. The monoisotopic (exact) mass is 914 g/mol. The molecule has 4 N–H and O–H groups in total. The lowest BCUT2D eigenvalue weighted by Crippen LogP contribution is -2.29. The van der Waals surface area contributed by atoms with Gasteiger partial charge in [-0.05, 0) is 83.1 Å². The molecule has 0 aliphatic rings. The molecule has 16 heteroatoms. The molecular formula is C46H76O14P2. The first-order chi connectivity index (χ1) is 29.8. The molecule has 0 aliphatic carbocycles. The van der Waals surface area contributed by atoms with Gasteiger partial charge in [-0.25, -0.2) is 9.13 Å². The minimum absolute atomic E-state index is 0.0197. The Bertz CT molecular complexity index is 1480. The van der Waals surface area contributed by atoms with E-state index in [2.05, 4.69) is 59.4 Å². The van der Waals surface area contributed by atoms with Crippen LogP contribution in [0.5, 0.6) is 0 Å². The van der Waals surface area contributed by atoms with E-state index in [1.807, 2.05) is 36.5 Å². The number of phosphoric acid groups is 2. The lowest BCUT2D eigenvalue weighted by Gasteiger charge is -2.20. The van der Waals surface area contributed by atoms with Gasteiger partial charge in [-0.3, -0.25) is 28.0 Å². The number of phosphoric ester groups is 2. The number of hydrogen-bond acceptors (Lipinski definition) is 11. The molecule has 1 unspecified atom stereocenters. The predicted octanol–water partition coefficient (Wildman–Crippen LogP) is 10.7. The number of ether oxygens (including phenoxy) is 2. The number of aliphatic hydroxyl groups excluding tert-OH is 1. The van der Waals surface area contributed by atoms with Gasteiger partial charge in [0.05, 0.1) is 19.8 Å². The highest BCUT2D eigenvalue weighted by molar-refractivity contribution is 7.47. The van der Waals surface area contributed by atoms with Crippen LogP contribution in [0.4, 0.5) is 0 Å². The molecule has 62 heavy (non-hydrogen) atoms. The Morgan fingerprint density at radius 1 is 0.516 bits per heavy atom. The Morgan fingerprint density at radius 2 is 1.00 bits per heavy atom. The first-order valence-corrected chi connectivity index (χ1v) is 25.3. The number of hydrogen-bond donors (Lipinski definition) is 4. The maximum Gasteiger partial charge on any atom is 0.472 e. The predicted molar refractivity (Wildman–Crippen MR) is 244 cm³/mol. The molecule has 0 rings (SSSR count). The fourth-order valence-electron chi connectivity index (χ4n) is 5.30. The topological polar surface area (TPSA) is 212 Å². The second kappa shape index (κ2) is 40.7. The van der Waals surface area contributed by atoms with E-state index >= 15 is 0 Å². The zero-order chi connectivity index (χ0) is 46.0. The van der Waals surface area contributed by atoms with Crippen LogP contribution in [0.2, 0.25) is 0 Å². The van der Waals surface area contributed by atoms with E-state index in [1.165, 1.54) is 19.3 Å². The maximum absolute atomic E-state index is 12.6. The summed E-state index contributed by atoms with van der Waals surface area (Å²) in [7, 11) is -9.73. The van der Waals surface area contributed by atoms with Crippen molar-refractivity contribution in [1.82, 2.24) is 0 Å². The van der Waals surface area contributed by atoms with Crippen LogP contribution in [0, 0.1) is 0 Å². The first kappa shape index (κ1) is 59.0. The number of carbonyl (C=O) groups is 3. The summed E-state index contributed by atoms with van der Waals surface area (Å²) in [6, 6.07) is 0. The van der Waals surface area contributed by atoms with Gasteiger partial charge in [-0.1, -0.05) is 131 Å². The van der Waals surface area contributed by atoms with Crippen LogP contribution in [0.3, 0.4) is 0 Å². The summed E-state index contributed by atoms with van der Waals surface area (Å²) in [6.45, 7) is 1.45. The third kappa shape index (κ3) is 43.6. The lowest BCUT2D eigenvalue weighted by molar-refractivity contribution is -0.161. The van der Waals surface area contributed by atoms with E-state index in [1.54, 1.807) is 12.2 Å². The molecule has 0 aliphatic heterocycles. The standard InChI is InChI=1S/C46H76O14P2/c1-3-5-7-8-9-10-11-12-13-14-15-16-19-22-25-28-32-36-45(49)56-40-44(41-59-62(54,55)58-39-43(48)38-57-61(51,52)53)60-46(50)37-33-29-26-23-20-17-18-21-24-27-31-35-42(47)34-30-6-4-2/h9-10,12-13,15-18,23-24,26-27,31,35,43-44,48H,3-8,11,14,19-22,25,28-30,32-34,36-41H2,1-2H3,(H,54,55)(H2,51,52,53)/b10-9-,13-12-,16-15-,18-17-,26-23-,27-24-,35-31+/t43-,44+/m0/s1. The summed E-state index contributed by atoms with van der Waals surface area (Å²) in [4.78, 5) is 64.4. The summed E-state index contributed by atoms with van der Waals surface area (Å²) in [5.41, 5.74) is 0. The molecule has 0 amide bonds. The van der Waals surface area contributed by atoms with E-state index in [4.69, 9.17) is 23.8 Å². The highest BCUT2D eigenvalue weighted by Crippen LogP contribution is 2.43. The first-order valence-electron chi connectivity index (χ1n) is 22.2. The Balaban J connectivity index is 4.70. The van der Waals surface area contributed by atoms with Gasteiger partial charge in [0.15, 0.2) is 11.9 Å². The van der Waals surface area contributed by atoms with Crippen molar-refractivity contribution in [3.8, 4) is 0 Å². The second-order valence-corrected chi connectivity index (χ2v) is 17.3. The fraction of sp³-hybridized carbons (Fsp3) is 0.630. The fourth-order valence-corrected chi connectivity index (χ4v) is 6.46. The number of esters is 2. The van der Waals surface area contributed by atoms with Crippen molar-refractivity contribution >= 4 is 33.4 Å². The number of allylic oxidation sites excluding steroid dienone is 14. The minimum Gasteiger partial charge on any atom is -0.462 e. The molecule has 0 fully saturated rings. The molecule has 354 valence electrons. The third-order valence-electron chi connectivity index (χ3n) is 8.72. The van der Waals surface area contributed by atoms with Gasteiger partial charge in [-0.2, -0.15) is 0 Å². The normalized spacial score (nSPS) is 14.7. The van der Waals surface area contributed by atoms with Crippen LogP contribution in [0.15, 0.2) is 85.1 Å². The summed E-state index contributed by atoms with van der Waals surface area (Å²) in [6.07, 6.45) is 42.8. The van der Waals surface area contributed by atoms with Crippen LogP contribution in [0.1, 0.15) is 149 Å². The van der Waals surface area contributed by atoms with Crippen molar-refractivity contribution in [3.63, 3.8) is 0 Å². The number of carbonyl (C=O) groups excluding carboxylic acids is 3. The minimum atomic E-state index is -4.88. The molecule has 0 spiro atoms. The van der Waals surface area contributed by atoms with Crippen molar-refractivity contribution in [3.05, 3.63) is 85.1 Å². The molecule has 0 aromatic rings. The number of aliphatic hydroxyl groups is 1. The van der Waals surface area contributed by atoms with Gasteiger partial charge >= 0.3 is 27.6 Å². The van der Waals surface area contributed by atoms with E-state index in [0.29, 0.717) is 32.1 Å². The largest absolute Gasteiger partial charge is 0.472 e. The van der Waals surface area contributed by atoms with Crippen molar-refractivity contribution in [1.29, 1.82) is 0 Å². The quantitative estimate of drug-likeness (QED) is 0.0112. The summed E-state index contributed by atoms with van der Waals surface area (Å²) in [5, 5.41) is 9.75. The third-order valence-corrected chi connectivity index (χ3v) is 10.2. The Morgan fingerprint density at radius 3 is 1.61 bits per heavy atom. The molecule has 14 nitrogen and oxygen atoms in total.